The normalized spacial score (nSPS) is 11.5. The zero-order valence-electron chi connectivity index (χ0n) is 38.7. The van der Waals surface area contributed by atoms with E-state index in [0.717, 1.165) is 18.2 Å². The number of nitrogens with zero attached hydrogens (tertiary/aromatic N) is 4. The molecule has 8 rings (SSSR count). The van der Waals surface area contributed by atoms with Gasteiger partial charge in [-0.25, -0.2) is 8.42 Å². The number of hydrogen-bond donors (Lipinski definition) is 4. The molecule has 0 spiro atoms. The van der Waals surface area contributed by atoms with Crippen molar-refractivity contribution in [1.82, 2.24) is 0 Å². The quantitative estimate of drug-likeness (QED) is 0.0505. The van der Waals surface area contributed by atoms with E-state index in [0.29, 0.717) is 55.5 Å². The van der Waals surface area contributed by atoms with E-state index in [9.17, 15) is 45.7 Å². The zero-order valence-corrected chi connectivity index (χ0v) is 46.3. The molecule has 0 saturated carbocycles. The summed E-state index contributed by atoms with van der Waals surface area (Å²) < 4.78 is 77.3. The van der Waals surface area contributed by atoms with Gasteiger partial charge in [-0.2, -0.15) is 13.5 Å². The van der Waals surface area contributed by atoms with E-state index in [2.05, 4.69) is 31.1 Å². The second-order valence-corrected chi connectivity index (χ2v) is 19.1. The Balaban J connectivity index is 0.000000235. The van der Waals surface area contributed by atoms with Gasteiger partial charge in [0.15, 0.2) is 5.75 Å². The van der Waals surface area contributed by atoms with E-state index in [1.807, 2.05) is 0 Å². The molecule has 8 aromatic carbocycles. The molecule has 8 aromatic rings. The Morgan fingerprint density at radius 3 is 1.47 bits per heavy atom. The first-order valence-corrected chi connectivity index (χ1v) is 24.5. The second-order valence-electron chi connectivity index (χ2n) is 15.5. The fourth-order valence-electron chi connectivity index (χ4n) is 7.00. The number of phenolic OH excluding ortho intramolecular Hbond substituents is 1. The molecule has 2 amide bonds. The number of carbonyl (C=O) groups is 2. The van der Waals surface area contributed by atoms with Gasteiger partial charge in [0, 0.05) is 27.7 Å². The van der Waals surface area contributed by atoms with Crippen LogP contribution in [-0.2, 0) is 20.2 Å². The van der Waals surface area contributed by atoms with Crippen LogP contribution in [0.15, 0.2) is 164 Å². The molecule has 0 atom stereocenters. The minimum Gasteiger partial charge on any atom is -0.870 e. The first kappa shape index (κ1) is 55.9. The minimum atomic E-state index is -4.78. The number of nitrogens with one attached hydrogen (secondary N) is 2. The van der Waals surface area contributed by atoms with E-state index in [-0.39, 0.29) is 92.8 Å². The molecule has 0 unspecified atom stereocenters. The number of fused-ring (bicyclic) bond motifs is 2. The Morgan fingerprint density at radius 2 is 1.00 bits per heavy atom. The third-order valence-electron chi connectivity index (χ3n) is 10.7. The average Bonchev–Trinajstić information content (AvgIpc) is 3.35. The van der Waals surface area contributed by atoms with Gasteiger partial charge in [-0.1, -0.05) is 77.5 Å². The number of hydrogen-bond acceptors (Lipinski definition) is 15. The number of benzene rings is 8. The van der Waals surface area contributed by atoms with Crippen molar-refractivity contribution in [2.24, 2.45) is 20.5 Å². The third-order valence-corrected chi connectivity index (χ3v) is 13.3. The number of methoxy groups -OCH3 is 2. The molecular formula is C50H38BaCl2N6O12S2. The molecule has 0 fully saturated rings. The van der Waals surface area contributed by atoms with Crippen LogP contribution < -0.4 is 25.2 Å². The number of phenols is 1. The number of ether oxygens (including phenoxy) is 2. The minimum absolute atomic E-state index is 0. The fraction of sp³-hybridized carbons (Fsp3) is 0.0800. The molecule has 0 saturated heterocycles. The summed E-state index contributed by atoms with van der Waals surface area (Å²) in [5, 5.41) is 48.1. The molecule has 0 heterocycles. The molecule has 0 aliphatic rings. The monoisotopic (exact) mass is 1190 g/mol. The third kappa shape index (κ3) is 13.2. The average molecular weight is 1190 g/mol. The molecule has 0 bridgehead atoms. The van der Waals surface area contributed by atoms with Gasteiger partial charge < -0.3 is 34.9 Å². The van der Waals surface area contributed by atoms with Crippen molar-refractivity contribution in [3.8, 4) is 23.0 Å². The number of carbonyl (C=O) groups excluding carboxylic acids is 2. The molecule has 0 aromatic heterocycles. The van der Waals surface area contributed by atoms with Crippen molar-refractivity contribution in [2.45, 2.75) is 23.6 Å². The van der Waals surface area contributed by atoms with Crippen LogP contribution in [0.2, 0.25) is 10.0 Å². The van der Waals surface area contributed by atoms with Crippen LogP contribution in [0.25, 0.3) is 21.5 Å². The van der Waals surface area contributed by atoms with E-state index in [1.165, 1.54) is 39.3 Å². The van der Waals surface area contributed by atoms with Gasteiger partial charge in [0.1, 0.15) is 38.7 Å². The molecule has 18 nitrogen and oxygen atoms in total. The van der Waals surface area contributed by atoms with Crippen molar-refractivity contribution < 1.29 is 55.2 Å². The van der Waals surface area contributed by atoms with E-state index in [4.69, 9.17) is 32.7 Å². The summed E-state index contributed by atoms with van der Waals surface area (Å²) in [5.41, 5.74) is 1.06. The topological polar surface area (TPSA) is 281 Å². The Kier molecular flexibility index (Phi) is 18.1. The van der Waals surface area contributed by atoms with Gasteiger partial charge in [0.2, 0.25) is 0 Å². The van der Waals surface area contributed by atoms with E-state index >= 15 is 0 Å². The zero-order chi connectivity index (χ0) is 52.1. The maximum Gasteiger partial charge on any atom is 2.00 e. The maximum absolute atomic E-state index is 13.3. The largest absolute Gasteiger partial charge is 2.00 e. The number of halogens is 2. The van der Waals surface area contributed by atoms with Crippen molar-refractivity contribution in [1.29, 1.82) is 0 Å². The number of aryl methyl sites for hydroxylation is 2. The fourth-order valence-corrected chi connectivity index (χ4v) is 8.46. The van der Waals surface area contributed by atoms with Crippen LogP contribution in [0.1, 0.15) is 31.8 Å². The Labute approximate surface area is 468 Å². The smallest absolute Gasteiger partial charge is 0.870 e. The summed E-state index contributed by atoms with van der Waals surface area (Å²) in [6.45, 7) is 3.06. The Bertz CT molecular complexity index is 3490. The standard InChI is InChI=1S/2C25H20ClN3O6S.Ba/c2*1-14-11-18(36(32,33)34)13-21(22(14)26)28-29-23-19-6-4-3-5-15(19)12-20(24(23)30)25(31)27-16-7-9-17(35-2)10-8-16;/h2*3-13,30H,1-2H3,(H,27,31)(H,32,33,34);/q;;+2/p-2. The Hall–Kier alpha value is -6.41. The van der Waals surface area contributed by atoms with Crippen molar-refractivity contribution >= 4 is 160 Å². The van der Waals surface area contributed by atoms with Crippen molar-refractivity contribution in [3.63, 3.8) is 0 Å². The number of rotatable bonds is 12. The molecule has 0 aliphatic heterocycles. The summed E-state index contributed by atoms with van der Waals surface area (Å²) in [6.07, 6.45) is 0. The van der Waals surface area contributed by atoms with E-state index < -0.39 is 53.3 Å². The SMILES string of the molecule is COc1ccc(NC(=O)c2cc3ccccc3c(N=Nc3cc(S(=O)(=O)O)cc(C)c3Cl)c2O)cc1.COc1ccc(NC(=O)c2cc3ccccc3c(N=Nc3cc(S(=O)(=O)[O-])cc(C)c3Cl)c2[O-])cc1.[Ba+2]. The van der Waals surface area contributed by atoms with Gasteiger partial charge in [-0.3, -0.25) is 14.1 Å². The summed E-state index contributed by atoms with van der Waals surface area (Å²) in [7, 11) is -6.24. The number of anilines is 2. The second kappa shape index (κ2) is 23.6. The summed E-state index contributed by atoms with van der Waals surface area (Å²) in [5.74, 6) is -1.13. The number of azo groups is 2. The molecule has 73 heavy (non-hydrogen) atoms. The maximum atomic E-state index is 13.3. The van der Waals surface area contributed by atoms with Crippen LogP contribution in [0, 0.1) is 13.8 Å². The molecule has 23 heteroatoms. The summed E-state index contributed by atoms with van der Waals surface area (Å²) >= 11 is 12.5. The first-order chi connectivity index (χ1) is 34.2. The van der Waals surface area contributed by atoms with E-state index in [1.54, 1.807) is 104 Å². The molecule has 0 aliphatic carbocycles. The van der Waals surface area contributed by atoms with Crippen molar-refractivity contribution in [3.05, 3.63) is 166 Å². The molecule has 4 N–H and O–H groups in total. The van der Waals surface area contributed by atoms with Crippen LogP contribution in [0.3, 0.4) is 0 Å². The summed E-state index contributed by atoms with van der Waals surface area (Å²) in [4.78, 5) is 25.1. The van der Waals surface area contributed by atoms with Crippen LogP contribution in [0.5, 0.6) is 23.0 Å². The number of amides is 2. The van der Waals surface area contributed by atoms with Gasteiger partial charge in [-0.15, -0.1) is 15.3 Å². The first-order valence-electron chi connectivity index (χ1n) is 20.9. The summed E-state index contributed by atoms with van der Waals surface area (Å²) in [6, 6.07) is 34.3. The molecule has 0 radical (unpaired) electrons. The Morgan fingerprint density at radius 1 is 0.589 bits per heavy atom. The van der Waals surface area contributed by atoms with Gasteiger partial charge in [0.05, 0.1) is 45.3 Å². The number of aromatic hydroxyl groups is 1. The molecule has 368 valence electrons. The van der Waals surface area contributed by atoms with Gasteiger partial charge >= 0.3 is 48.9 Å². The van der Waals surface area contributed by atoms with Crippen molar-refractivity contribution in [2.75, 3.05) is 24.9 Å². The van der Waals surface area contributed by atoms with Crippen LogP contribution in [-0.4, -0.2) is 106 Å². The van der Waals surface area contributed by atoms with Gasteiger partial charge in [0.25, 0.3) is 21.9 Å². The van der Waals surface area contributed by atoms with Crippen LogP contribution >= 0.6 is 23.2 Å². The molecular weight excluding hydrogens is 1150 g/mol. The van der Waals surface area contributed by atoms with Crippen LogP contribution in [0.4, 0.5) is 34.1 Å². The predicted octanol–water partition coefficient (Wildman–Crippen LogP) is 11.5. The van der Waals surface area contributed by atoms with Gasteiger partial charge in [-0.05, 0) is 121 Å². The predicted molar refractivity (Wildman–Crippen MR) is 275 cm³/mol.